The highest BCUT2D eigenvalue weighted by Crippen LogP contribution is 2.16. The lowest BCUT2D eigenvalue weighted by atomic mass is 10.0. The monoisotopic (exact) mass is 777 g/mol. The fourth-order valence-corrected chi connectivity index (χ4v) is 7.07. The van der Waals surface area contributed by atoms with Gasteiger partial charge in [0.05, 0.1) is 0 Å². The Morgan fingerprint density at radius 3 is 0.964 bits per heavy atom. The number of carbonyl (C=O) groups is 3. The molecule has 0 spiro atoms. The van der Waals surface area contributed by atoms with Crippen LogP contribution < -0.4 is 0 Å². The first-order valence-electron chi connectivity index (χ1n) is 24.2. The molecule has 1 unspecified atom stereocenters. The number of esters is 3. The van der Waals surface area contributed by atoms with Crippen LogP contribution in [-0.2, 0) is 28.6 Å². The van der Waals surface area contributed by atoms with Crippen LogP contribution in [0.1, 0.15) is 265 Å². The van der Waals surface area contributed by atoms with E-state index in [0.717, 1.165) is 77.0 Å². The minimum atomic E-state index is -0.767. The number of hydrogen-bond acceptors (Lipinski definition) is 6. The van der Waals surface area contributed by atoms with E-state index < -0.39 is 6.10 Å². The average Bonchev–Trinajstić information content (AvgIpc) is 3.18. The van der Waals surface area contributed by atoms with Crippen molar-refractivity contribution in [1.82, 2.24) is 0 Å². The number of rotatable bonds is 44. The van der Waals surface area contributed by atoms with Gasteiger partial charge in [0.25, 0.3) is 0 Å². The van der Waals surface area contributed by atoms with E-state index in [-0.39, 0.29) is 31.1 Å². The Hall–Kier alpha value is -1.85. The zero-order valence-electron chi connectivity index (χ0n) is 37.0. The van der Waals surface area contributed by atoms with Gasteiger partial charge in [0, 0.05) is 19.3 Å². The van der Waals surface area contributed by atoms with Crippen molar-refractivity contribution in [2.45, 2.75) is 271 Å². The van der Waals surface area contributed by atoms with Crippen LogP contribution in [-0.4, -0.2) is 37.2 Å². The van der Waals surface area contributed by atoms with Crippen molar-refractivity contribution in [2.24, 2.45) is 0 Å². The quantitative estimate of drug-likeness (QED) is 0.0265. The number of allylic oxidation sites excluding steroid dienone is 2. The van der Waals surface area contributed by atoms with Gasteiger partial charge in [0.2, 0.25) is 0 Å². The van der Waals surface area contributed by atoms with Crippen LogP contribution in [0, 0.1) is 0 Å². The Labute approximate surface area is 341 Å². The summed E-state index contributed by atoms with van der Waals surface area (Å²) in [6.45, 7) is 6.59. The van der Waals surface area contributed by atoms with E-state index in [2.05, 4.69) is 32.9 Å². The third-order valence-corrected chi connectivity index (χ3v) is 10.8. The second-order valence-corrected chi connectivity index (χ2v) is 16.4. The van der Waals surface area contributed by atoms with Crippen LogP contribution in [0.3, 0.4) is 0 Å². The van der Waals surface area contributed by atoms with E-state index in [1.807, 2.05) is 0 Å². The molecule has 0 aromatic rings. The van der Waals surface area contributed by atoms with E-state index in [4.69, 9.17) is 14.2 Å². The van der Waals surface area contributed by atoms with Crippen molar-refractivity contribution < 1.29 is 28.6 Å². The van der Waals surface area contributed by atoms with Crippen molar-refractivity contribution in [2.75, 3.05) is 13.2 Å². The highest BCUT2D eigenvalue weighted by atomic mass is 16.6. The maximum absolute atomic E-state index is 12.7. The Morgan fingerprint density at radius 1 is 0.345 bits per heavy atom. The molecule has 0 aliphatic rings. The summed E-state index contributed by atoms with van der Waals surface area (Å²) >= 11 is 0. The number of ether oxygens (including phenoxy) is 3. The maximum atomic E-state index is 12.7. The molecule has 6 heteroatoms. The van der Waals surface area contributed by atoms with Gasteiger partial charge in [-0.25, -0.2) is 0 Å². The lowest BCUT2D eigenvalue weighted by Gasteiger charge is -2.18. The highest BCUT2D eigenvalue weighted by molar-refractivity contribution is 5.71. The normalized spacial score (nSPS) is 12.0. The molecule has 0 aromatic carbocycles. The standard InChI is InChI=1S/C49H92O6/c1-4-7-10-13-16-19-22-23-24-25-26-27-28-31-33-36-39-42-48(51)54-45-46(55-49(52)43-40-37-34-30-21-18-15-12-9-6-3)44-53-47(50)41-38-35-32-29-20-17-14-11-8-5-2/h15,18,46H,4-14,16-17,19-45H2,1-3H3/b18-15-. The Bertz CT molecular complexity index is 854. The summed E-state index contributed by atoms with van der Waals surface area (Å²) in [5, 5.41) is 0. The summed E-state index contributed by atoms with van der Waals surface area (Å²) in [6, 6.07) is 0. The number of carbonyl (C=O) groups excluding carboxylic acids is 3. The molecule has 0 amide bonds. The van der Waals surface area contributed by atoms with E-state index in [0.29, 0.717) is 19.3 Å². The molecule has 0 bridgehead atoms. The van der Waals surface area contributed by atoms with Crippen LogP contribution in [0.5, 0.6) is 0 Å². The Balaban J connectivity index is 4.25. The van der Waals surface area contributed by atoms with Crippen molar-refractivity contribution in [3.8, 4) is 0 Å². The van der Waals surface area contributed by atoms with Crippen LogP contribution >= 0.6 is 0 Å². The maximum Gasteiger partial charge on any atom is 0.306 e. The molecule has 0 radical (unpaired) electrons. The van der Waals surface area contributed by atoms with Crippen molar-refractivity contribution in [3.63, 3.8) is 0 Å². The predicted molar refractivity (Wildman–Crippen MR) is 233 cm³/mol. The van der Waals surface area contributed by atoms with Gasteiger partial charge in [-0.15, -0.1) is 0 Å². The molecule has 0 N–H and O–H groups in total. The van der Waals surface area contributed by atoms with Gasteiger partial charge in [-0.2, -0.15) is 0 Å². The molecule has 0 aliphatic carbocycles. The van der Waals surface area contributed by atoms with E-state index in [1.165, 1.54) is 148 Å². The van der Waals surface area contributed by atoms with Gasteiger partial charge in [0.15, 0.2) is 6.10 Å². The first-order valence-corrected chi connectivity index (χ1v) is 24.2. The first-order chi connectivity index (χ1) is 27.0. The molecule has 1 atom stereocenters. The fraction of sp³-hybridized carbons (Fsp3) is 0.898. The molecular formula is C49H92O6. The summed E-state index contributed by atoms with van der Waals surface area (Å²) in [4.78, 5) is 37.7. The van der Waals surface area contributed by atoms with E-state index in [1.54, 1.807) is 0 Å². The molecular weight excluding hydrogens is 685 g/mol. The smallest absolute Gasteiger partial charge is 0.306 e. The van der Waals surface area contributed by atoms with Gasteiger partial charge in [0.1, 0.15) is 13.2 Å². The summed E-state index contributed by atoms with van der Waals surface area (Å²) < 4.78 is 16.7. The second kappa shape index (κ2) is 44.9. The minimum Gasteiger partial charge on any atom is -0.462 e. The molecule has 0 fully saturated rings. The highest BCUT2D eigenvalue weighted by Gasteiger charge is 2.19. The summed E-state index contributed by atoms with van der Waals surface area (Å²) in [5.74, 6) is -0.874. The van der Waals surface area contributed by atoms with Gasteiger partial charge in [-0.3, -0.25) is 14.4 Å². The van der Waals surface area contributed by atoms with Gasteiger partial charge >= 0.3 is 17.9 Å². The van der Waals surface area contributed by atoms with Crippen molar-refractivity contribution in [3.05, 3.63) is 12.2 Å². The molecule has 0 aromatic heterocycles. The minimum absolute atomic E-state index is 0.0700. The molecule has 55 heavy (non-hydrogen) atoms. The van der Waals surface area contributed by atoms with Gasteiger partial charge in [-0.05, 0) is 38.5 Å². The topological polar surface area (TPSA) is 78.9 Å². The summed E-state index contributed by atoms with van der Waals surface area (Å²) in [5.41, 5.74) is 0. The van der Waals surface area contributed by atoms with Gasteiger partial charge < -0.3 is 14.2 Å². The number of unbranched alkanes of at least 4 members (excludes halogenated alkanes) is 31. The Morgan fingerprint density at radius 2 is 0.618 bits per heavy atom. The van der Waals surface area contributed by atoms with Crippen LogP contribution in [0.4, 0.5) is 0 Å². The summed E-state index contributed by atoms with van der Waals surface area (Å²) in [7, 11) is 0. The molecule has 0 saturated carbocycles. The van der Waals surface area contributed by atoms with Crippen LogP contribution in [0.2, 0.25) is 0 Å². The third-order valence-electron chi connectivity index (χ3n) is 10.8. The van der Waals surface area contributed by atoms with Crippen molar-refractivity contribution in [1.29, 1.82) is 0 Å². The largest absolute Gasteiger partial charge is 0.462 e. The molecule has 0 rings (SSSR count). The fourth-order valence-electron chi connectivity index (χ4n) is 7.07. The van der Waals surface area contributed by atoms with Crippen molar-refractivity contribution >= 4 is 17.9 Å². The second-order valence-electron chi connectivity index (χ2n) is 16.4. The van der Waals surface area contributed by atoms with E-state index in [9.17, 15) is 14.4 Å². The molecule has 0 saturated heterocycles. The van der Waals surface area contributed by atoms with Gasteiger partial charge in [-0.1, -0.05) is 219 Å². The zero-order chi connectivity index (χ0) is 40.1. The SMILES string of the molecule is CCCC/C=C\CCCCCCC(=O)OC(COC(=O)CCCCCCCCCCCC)COC(=O)CCCCCCCCCCCCCCCCCCC. The van der Waals surface area contributed by atoms with Crippen LogP contribution in [0.25, 0.3) is 0 Å². The Kier molecular flexibility index (Phi) is 43.4. The molecule has 0 heterocycles. The third kappa shape index (κ3) is 43.1. The number of hydrogen-bond donors (Lipinski definition) is 0. The summed E-state index contributed by atoms with van der Waals surface area (Å²) in [6.07, 6.45) is 47.7. The zero-order valence-corrected chi connectivity index (χ0v) is 37.0. The van der Waals surface area contributed by atoms with E-state index >= 15 is 0 Å². The lowest BCUT2D eigenvalue weighted by Crippen LogP contribution is -2.30. The molecule has 324 valence electrons. The lowest BCUT2D eigenvalue weighted by molar-refractivity contribution is -0.167. The predicted octanol–water partition coefficient (Wildman–Crippen LogP) is 15.4. The molecule has 0 aliphatic heterocycles. The average molecular weight is 777 g/mol. The van der Waals surface area contributed by atoms with Crippen LogP contribution in [0.15, 0.2) is 12.2 Å². The first kappa shape index (κ1) is 53.1. The molecule has 6 nitrogen and oxygen atoms in total.